The number of thiazole rings is 1. The summed E-state index contributed by atoms with van der Waals surface area (Å²) in [5.74, 6) is 0. The van der Waals surface area contributed by atoms with Crippen LogP contribution >= 0.6 is 11.3 Å². The topological polar surface area (TPSA) is 34.1 Å². The number of fused-ring (bicyclic) bond motifs is 7. The van der Waals surface area contributed by atoms with E-state index in [1.165, 1.54) is 26.5 Å². The summed E-state index contributed by atoms with van der Waals surface area (Å²) in [5.41, 5.74) is 4.86. The van der Waals surface area contributed by atoms with Crippen molar-refractivity contribution in [2.24, 2.45) is 0 Å². The molecule has 1 aliphatic heterocycles. The van der Waals surface area contributed by atoms with Gasteiger partial charge in [-0.25, -0.2) is 9.55 Å². The third-order valence-corrected chi connectivity index (χ3v) is 4.82. The summed E-state index contributed by atoms with van der Waals surface area (Å²) >= 11 is 1.82. The van der Waals surface area contributed by atoms with Crippen molar-refractivity contribution in [3.05, 3.63) is 48.5 Å². The van der Waals surface area contributed by atoms with Crippen molar-refractivity contribution in [3.63, 3.8) is 0 Å². The Morgan fingerprint density at radius 1 is 1.32 bits per heavy atom. The molecule has 5 heteroatoms. The highest BCUT2D eigenvalue weighted by molar-refractivity contribution is 7.21. The lowest BCUT2D eigenvalue weighted by atomic mass is 10.2. The first kappa shape index (κ1) is 9.63. The van der Waals surface area contributed by atoms with E-state index in [1.807, 2.05) is 36.0 Å². The molecule has 0 aromatic carbocycles. The Morgan fingerprint density at radius 3 is 3.32 bits per heavy atom. The van der Waals surface area contributed by atoms with Crippen molar-refractivity contribution in [1.29, 1.82) is 0 Å². The maximum atomic E-state index is 4.41. The van der Waals surface area contributed by atoms with E-state index >= 15 is 0 Å². The lowest BCUT2D eigenvalue weighted by Crippen LogP contribution is -2.31. The van der Waals surface area contributed by atoms with Gasteiger partial charge in [0.05, 0.1) is 11.8 Å². The van der Waals surface area contributed by atoms with Crippen molar-refractivity contribution in [2.75, 3.05) is 0 Å². The lowest BCUT2D eigenvalue weighted by molar-refractivity contribution is -0.644. The molecule has 1 aliphatic rings. The van der Waals surface area contributed by atoms with Crippen molar-refractivity contribution < 1.29 is 4.57 Å². The fourth-order valence-electron chi connectivity index (χ4n) is 2.83. The highest BCUT2D eigenvalue weighted by Gasteiger charge is 2.30. The number of hydrogen-bond donors (Lipinski definition) is 0. The van der Waals surface area contributed by atoms with E-state index in [4.69, 9.17) is 0 Å². The molecular formula is C14H9N4S+. The molecule has 0 bridgehead atoms. The van der Waals surface area contributed by atoms with Gasteiger partial charge in [0, 0.05) is 30.2 Å². The first-order chi connectivity index (χ1) is 9.42. The molecule has 0 saturated heterocycles. The third-order valence-electron chi connectivity index (χ3n) is 3.66. The Kier molecular flexibility index (Phi) is 1.62. The zero-order valence-electron chi connectivity index (χ0n) is 9.95. The van der Waals surface area contributed by atoms with Crippen molar-refractivity contribution in [1.82, 2.24) is 14.4 Å². The number of nitrogens with zero attached hydrogens (tertiary/aromatic N) is 4. The fourth-order valence-corrected chi connectivity index (χ4v) is 4.06. The van der Waals surface area contributed by atoms with Crippen LogP contribution < -0.4 is 4.57 Å². The van der Waals surface area contributed by atoms with Crippen LogP contribution in [0.2, 0.25) is 0 Å². The fraction of sp³-hybridized carbons (Fsp3) is 0.0714. The van der Waals surface area contributed by atoms with Crippen LogP contribution in [0.25, 0.3) is 26.6 Å². The average Bonchev–Trinajstić information content (AvgIpc) is 3.05. The highest BCUT2D eigenvalue weighted by atomic mass is 32.1. The SMILES string of the molecule is c1cnc2cc3sc4[n+](c3n2c1)Cc1ccncc1-4. The molecule has 5 heterocycles. The van der Waals surface area contributed by atoms with Crippen molar-refractivity contribution >= 4 is 27.3 Å². The lowest BCUT2D eigenvalue weighted by Gasteiger charge is -1.91. The molecule has 0 N–H and O–H groups in total. The molecule has 0 unspecified atom stereocenters. The molecule has 0 amide bonds. The van der Waals surface area contributed by atoms with Gasteiger partial charge in [-0.15, -0.1) is 0 Å². The van der Waals surface area contributed by atoms with Gasteiger partial charge in [0.1, 0.15) is 11.2 Å². The molecule has 0 fully saturated rings. The quantitative estimate of drug-likeness (QED) is 0.402. The largest absolute Gasteiger partial charge is 0.307 e. The van der Waals surface area contributed by atoms with Gasteiger partial charge in [0.2, 0.25) is 5.65 Å². The minimum Gasteiger partial charge on any atom is -0.264 e. The summed E-state index contributed by atoms with van der Waals surface area (Å²) in [7, 11) is 0. The van der Waals surface area contributed by atoms with Gasteiger partial charge < -0.3 is 0 Å². The summed E-state index contributed by atoms with van der Waals surface area (Å²) in [4.78, 5) is 8.66. The summed E-state index contributed by atoms with van der Waals surface area (Å²) in [5, 5.41) is 1.30. The van der Waals surface area contributed by atoms with Crippen LogP contribution in [-0.2, 0) is 6.54 Å². The van der Waals surface area contributed by atoms with Crippen LogP contribution in [0.4, 0.5) is 0 Å². The van der Waals surface area contributed by atoms with E-state index in [0.29, 0.717) is 0 Å². The molecule has 4 aromatic heterocycles. The van der Waals surface area contributed by atoms with E-state index in [1.54, 1.807) is 0 Å². The summed E-state index contributed by atoms with van der Waals surface area (Å²) in [6.07, 6.45) is 7.74. The predicted octanol–water partition coefficient (Wildman–Crippen LogP) is 2.26. The van der Waals surface area contributed by atoms with Crippen molar-refractivity contribution in [2.45, 2.75) is 6.54 Å². The maximum absolute atomic E-state index is 4.41. The first-order valence-electron chi connectivity index (χ1n) is 6.13. The minimum atomic E-state index is 0.925. The molecule has 4 nitrogen and oxygen atoms in total. The van der Waals surface area contributed by atoms with Gasteiger partial charge in [-0.2, -0.15) is 4.40 Å². The molecule has 0 aliphatic carbocycles. The standard InChI is InChI=1S/C14H9N4S/c1-3-16-12-6-11-13(17(12)5-1)18-8-9-2-4-15-7-10(9)14(18)19-11/h1-7H,8H2/q+1. The number of rotatable bonds is 0. The molecule has 90 valence electrons. The Hall–Kier alpha value is -2.27. The van der Waals surface area contributed by atoms with E-state index in [9.17, 15) is 0 Å². The van der Waals surface area contributed by atoms with Gasteiger partial charge in [-0.1, -0.05) is 11.3 Å². The number of aromatic nitrogens is 4. The Bertz CT molecular complexity index is 951. The van der Waals surface area contributed by atoms with Crippen molar-refractivity contribution in [3.8, 4) is 10.6 Å². The Balaban J connectivity index is 1.94. The van der Waals surface area contributed by atoms with E-state index < -0.39 is 0 Å². The smallest absolute Gasteiger partial charge is 0.264 e. The second-order valence-electron chi connectivity index (χ2n) is 4.71. The van der Waals surface area contributed by atoms with Gasteiger partial charge in [-0.05, 0) is 12.1 Å². The molecular weight excluding hydrogens is 256 g/mol. The molecule has 0 spiro atoms. The van der Waals surface area contributed by atoms with Crippen LogP contribution in [0.1, 0.15) is 5.56 Å². The van der Waals surface area contributed by atoms with E-state index in [0.717, 1.165) is 12.2 Å². The van der Waals surface area contributed by atoms with Crippen LogP contribution in [0.3, 0.4) is 0 Å². The number of pyridine rings is 1. The molecule has 0 saturated carbocycles. The zero-order chi connectivity index (χ0) is 12.4. The second kappa shape index (κ2) is 3.19. The third kappa shape index (κ3) is 1.11. The van der Waals surface area contributed by atoms with Crippen LogP contribution in [0.5, 0.6) is 0 Å². The predicted molar refractivity (Wildman–Crippen MR) is 73.1 cm³/mol. The van der Waals surface area contributed by atoms with E-state index in [-0.39, 0.29) is 0 Å². The monoisotopic (exact) mass is 265 g/mol. The Morgan fingerprint density at radius 2 is 2.32 bits per heavy atom. The summed E-state index contributed by atoms with van der Waals surface area (Å²) < 4.78 is 5.80. The average molecular weight is 265 g/mol. The second-order valence-corrected chi connectivity index (χ2v) is 5.74. The molecule has 0 atom stereocenters. The van der Waals surface area contributed by atoms with Gasteiger partial charge >= 0.3 is 5.65 Å². The van der Waals surface area contributed by atoms with Crippen LogP contribution in [0, 0.1) is 0 Å². The highest BCUT2D eigenvalue weighted by Crippen LogP contribution is 2.35. The Labute approximate surface area is 112 Å². The summed E-state index contributed by atoms with van der Waals surface area (Å²) in [6, 6.07) is 6.23. The summed E-state index contributed by atoms with van der Waals surface area (Å²) in [6.45, 7) is 0.925. The molecule has 0 radical (unpaired) electrons. The maximum Gasteiger partial charge on any atom is 0.307 e. The van der Waals surface area contributed by atoms with Crippen LogP contribution in [-0.4, -0.2) is 14.4 Å². The first-order valence-corrected chi connectivity index (χ1v) is 6.95. The van der Waals surface area contributed by atoms with Gasteiger partial charge in [0.15, 0.2) is 5.01 Å². The molecule has 4 aromatic rings. The van der Waals surface area contributed by atoms with Crippen LogP contribution in [0.15, 0.2) is 43.0 Å². The molecule has 5 rings (SSSR count). The van der Waals surface area contributed by atoms with Gasteiger partial charge in [-0.3, -0.25) is 4.98 Å². The minimum absolute atomic E-state index is 0.925. The van der Waals surface area contributed by atoms with E-state index in [2.05, 4.69) is 37.3 Å². The number of hydrogen-bond acceptors (Lipinski definition) is 3. The van der Waals surface area contributed by atoms with Gasteiger partial charge in [0.25, 0.3) is 0 Å². The zero-order valence-corrected chi connectivity index (χ0v) is 10.8. The normalized spacial score (nSPS) is 13.1. The molecule has 19 heavy (non-hydrogen) atoms.